The molecule has 0 rings (SSSR count). The predicted octanol–water partition coefficient (Wildman–Crippen LogP) is 0.416. The number of rotatable bonds is 6. The highest BCUT2D eigenvalue weighted by molar-refractivity contribution is 5.46. The molecule has 0 N–H and O–H groups in total. The van der Waals surface area contributed by atoms with E-state index in [0.29, 0.717) is 0 Å². The fourth-order valence-corrected chi connectivity index (χ4v) is 0.801. The van der Waals surface area contributed by atoms with Crippen LogP contribution >= 0.6 is 0 Å². The van der Waals surface area contributed by atoms with Gasteiger partial charge in [-0.15, -0.1) is 0 Å². The van der Waals surface area contributed by atoms with Crippen LogP contribution in [0.25, 0.3) is 0 Å². The van der Waals surface area contributed by atoms with Gasteiger partial charge in [0.15, 0.2) is 0 Å². The van der Waals surface area contributed by atoms with Gasteiger partial charge in [0.05, 0.1) is 0 Å². The topological polar surface area (TPSA) is 23.6 Å². The smallest absolute Gasteiger partial charge is 0.209 e. The first-order valence-corrected chi connectivity index (χ1v) is 4.04. The van der Waals surface area contributed by atoms with Crippen LogP contribution in [0.1, 0.15) is 13.3 Å². The van der Waals surface area contributed by atoms with Crippen molar-refractivity contribution in [2.45, 2.75) is 13.3 Å². The molecule has 0 aliphatic rings. The van der Waals surface area contributed by atoms with Gasteiger partial charge >= 0.3 is 0 Å². The van der Waals surface area contributed by atoms with Crippen molar-refractivity contribution in [1.82, 2.24) is 9.80 Å². The summed E-state index contributed by atoms with van der Waals surface area (Å²) < 4.78 is 0. The second kappa shape index (κ2) is 6.16. The summed E-state index contributed by atoms with van der Waals surface area (Å²) >= 11 is 0. The normalized spacial score (nSPS) is 10.2. The maximum absolute atomic E-state index is 10.2. The Morgan fingerprint density at radius 1 is 1.27 bits per heavy atom. The number of carbonyl (C=O) groups excluding carboxylic acids is 1. The molecule has 0 bridgehead atoms. The molecule has 0 spiro atoms. The highest BCUT2D eigenvalue weighted by Crippen LogP contribution is 1.87. The minimum absolute atomic E-state index is 0.855. The molecule has 3 nitrogen and oxygen atoms in total. The summed E-state index contributed by atoms with van der Waals surface area (Å²) in [4.78, 5) is 14.1. The van der Waals surface area contributed by atoms with Crippen molar-refractivity contribution in [3.8, 4) is 0 Å². The van der Waals surface area contributed by atoms with Gasteiger partial charge in [0.1, 0.15) is 0 Å². The van der Waals surface area contributed by atoms with Gasteiger partial charge in [0, 0.05) is 13.6 Å². The van der Waals surface area contributed by atoms with Gasteiger partial charge in [-0.2, -0.15) is 0 Å². The second-order valence-electron chi connectivity index (χ2n) is 2.84. The summed E-state index contributed by atoms with van der Waals surface area (Å²) in [7, 11) is 3.89. The molecule has 0 aromatic carbocycles. The second-order valence-corrected chi connectivity index (χ2v) is 2.84. The summed E-state index contributed by atoms with van der Waals surface area (Å²) in [5, 5.41) is 0. The maximum atomic E-state index is 10.2. The van der Waals surface area contributed by atoms with Crippen LogP contribution in [0.5, 0.6) is 0 Å². The Labute approximate surface area is 69.0 Å². The lowest BCUT2D eigenvalue weighted by Gasteiger charge is -2.15. The van der Waals surface area contributed by atoms with E-state index in [4.69, 9.17) is 0 Å². The zero-order valence-corrected chi connectivity index (χ0v) is 7.71. The zero-order chi connectivity index (χ0) is 8.69. The van der Waals surface area contributed by atoms with Crippen LogP contribution in [-0.4, -0.2) is 49.9 Å². The van der Waals surface area contributed by atoms with Crippen molar-refractivity contribution >= 4 is 6.41 Å². The Morgan fingerprint density at radius 2 is 1.91 bits per heavy atom. The molecule has 0 radical (unpaired) electrons. The molecule has 66 valence electrons. The van der Waals surface area contributed by atoms with E-state index in [9.17, 15) is 4.79 Å². The summed E-state index contributed by atoms with van der Waals surface area (Å²) in [5.74, 6) is 0. The monoisotopic (exact) mass is 158 g/mol. The molecule has 0 unspecified atom stereocenters. The number of nitrogens with zero attached hydrogens (tertiary/aromatic N) is 2. The van der Waals surface area contributed by atoms with E-state index in [1.54, 1.807) is 11.9 Å². The summed E-state index contributed by atoms with van der Waals surface area (Å²) in [6.45, 7) is 5.12. The lowest BCUT2D eigenvalue weighted by atomic mass is 10.4. The number of hydrogen-bond acceptors (Lipinski definition) is 2. The van der Waals surface area contributed by atoms with Crippen molar-refractivity contribution in [3.05, 3.63) is 0 Å². The van der Waals surface area contributed by atoms with Gasteiger partial charge in [-0.3, -0.25) is 4.79 Å². The largest absolute Gasteiger partial charge is 0.348 e. The van der Waals surface area contributed by atoms with Crippen LogP contribution in [0.3, 0.4) is 0 Å². The molecular weight excluding hydrogens is 140 g/mol. The Morgan fingerprint density at radius 3 is 2.36 bits per heavy atom. The van der Waals surface area contributed by atoms with E-state index < -0.39 is 0 Å². The molecule has 11 heavy (non-hydrogen) atoms. The van der Waals surface area contributed by atoms with Crippen molar-refractivity contribution in [2.75, 3.05) is 33.7 Å². The highest BCUT2D eigenvalue weighted by Gasteiger charge is 1.95. The fourth-order valence-electron chi connectivity index (χ4n) is 0.801. The van der Waals surface area contributed by atoms with Crippen molar-refractivity contribution in [2.24, 2.45) is 0 Å². The van der Waals surface area contributed by atoms with Gasteiger partial charge in [0.25, 0.3) is 0 Å². The molecule has 0 heterocycles. The van der Waals surface area contributed by atoms with Crippen molar-refractivity contribution in [1.29, 1.82) is 0 Å². The Kier molecular flexibility index (Phi) is 5.84. The molecule has 0 aliphatic heterocycles. The molecular formula is C8H18N2O. The molecule has 0 aromatic rings. The third-order valence-corrected chi connectivity index (χ3v) is 1.77. The van der Waals surface area contributed by atoms with Gasteiger partial charge in [-0.05, 0) is 26.6 Å². The van der Waals surface area contributed by atoms with Crippen LogP contribution in [0.15, 0.2) is 0 Å². The summed E-state index contributed by atoms with van der Waals surface area (Å²) in [5.41, 5.74) is 0. The highest BCUT2D eigenvalue weighted by atomic mass is 16.1. The van der Waals surface area contributed by atoms with E-state index in [1.165, 1.54) is 0 Å². The molecule has 0 atom stereocenters. The first kappa shape index (κ1) is 10.4. The van der Waals surface area contributed by atoms with E-state index in [2.05, 4.69) is 18.9 Å². The van der Waals surface area contributed by atoms with Gasteiger partial charge in [-0.1, -0.05) is 6.92 Å². The van der Waals surface area contributed by atoms with E-state index in [0.717, 1.165) is 32.5 Å². The molecule has 0 saturated carbocycles. The average molecular weight is 158 g/mol. The molecule has 0 aliphatic carbocycles. The lowest BCUT2D eigenvalue weighted by Crippen LogP contribution is -2.24. The van der Waals surface area contributed by atoms with Crippen LogP contribution in [0.2, 0.25) is 0 Å². The third-order valence-electron chi connectivity index (χ3n) is 1.77. The third kappa shape index (κ3) is 5.85. The van der Waals surface area contributed by atoms with E-state index >= 15 is 0 Å². The van der Waals surface area contributed by atoms with Gasteiger partial charge < -0.3 is 9.80 Å². The number of carbonyl (C=O) groups is 1. The Hall–Kier alpha value is -0.570. The minimum Gasteiger partial charge on any atom is -0.348 e. The Bertz CT molecular complexity index is 106. The fraction of sp³-hybridized carbons (Fsp3) is 0.875. The van der Waals surface area contributed by atoms with Gasteiger partial charge in [-0.25, -0.2) is 0 Å². The summed E-state index contributed by atoms with van der Waals surface area (Å²) in [6, 6.07) is 0. The predicted molar refractivity (Wildman–Crippen MR) is 46.5 cm³/mol. The zero-order valence-electron chi connectivity index (χ0n) is 7.71. The van der Waals surface area contributed by atoms with Crippen LogP contribution in [-0.2, 0) is 4.79 Å². The van der Waals surface area contributed by atoms with Gasteiger partial charge in [0.2, 0.25) is 6.41 Å². The number of hydrogen-bond donors (Lipinski definition) is 0. The molecule has 3 heteroatoms. The van der Waals surface area contributed by atoms with Crippen LogP contribution < -0.4 is 0 Å². The quantitative estimate of drug-likeness (QED) is 0.523. The molecule has 0 fully saturated rings. The maximum Gasteiger partial charge on any atom is 0.209 e. The molecule has 0 saturated heterocycles. The van der Waals surface area contributed by atoms with E-state index in [-0.39, 0.29) is 0 Å². The first-order valence-electron chi connectivity index (χ1n) is 4.04. The average Bonchev–Trinajstić information content (AvgIpc) is 2.04. The number of amides is 1. The SMILES string of the molecule is CCN(C)CCCN(C)C=O. The van der Waals surface area contributed by atoms with E-state index in [1.807, 2.05) is 0 Å². The van der Waals surface area contributed by atoms with Crippen LogP contribution in [0, 0.1) is 0 Å². The van der Waals surface area contributed by atoms with Crippen molar-refractivity contribution < 1.29 is 4.79 Å². The molecule has 1 amide bonds. The summed E-state index contributed by atoms with van der Waals surface area (Å²) in [6.07, 6.45) is 1.92. The van der Waals surface area contributed by atoms with Crippen molar-refractivity contribution in [3.63, 3.8) is 0 Å². The molecule has 0 aromatic heterocycles. The van der Waals surface area contributed by atoms with Crippen LogP contribution in [0.4, 0.5) is 0 Å². The first-order chi connectivity index (χ1) is 5.20. The Balaban J connectivity index is 3.19. The standard InChI is InChI=1S/C8H18N2O/c1-4-9(2)6-5-7-10(3)8-11/h8H,4-7H2,1-3H3. The minimum atomic E-state index is 0.855. The lowest BCUT2D eigenvalue weighted by molar-refractivity contribution is -0.117.